The van der Waals surface area contributed by atoms with E-state index in [9.17, 15) is 4.79 Å². The zero-order chi connectivity index (χ0) is 22.4. The summed E-state index contributed by atoms with van der Waals surface area (Å²) in [6.07, 6.45) is 6.23. The maximum atomic E-state index is 12.7. The minimum atomic E-state index is 0.0678. The Morgan fingerprint density at radius 2 is 1.82 bits per heavy atom. The van der Waals surface area contributed by atoms with Gasteiger partial charge in [0.05, 0.1) is 17.4 Å². The van der Waals surface area contributed by atoms with Crippen LogP contribution >= 0.6 is 11.6 Å². The van der Waals surface area contributed by atoms with Gasteiger partial charge in [-0.2, -0.15) is 0 Å². The lowest BCUT2D eigenvalue weighted by atomic mass is 10.1. The summed E-state index contributed by atoms with van der Waals surface area (Å²) in [5.41, 5.74) is 7.03. The van der Waals surface area contributed by atoms with Crippen LogP contribution in [0.2, 0.25) is 5.02 Å². The lowest BCUT2D eigenvalue weighted by Gasteiger charge is -2.04. The molecule has 5 aromatic rings. The van der Waals surface area contributed by atoms with Gasteiger partial charge in [-0.25, -0.2) is 4.68 Å². The van der Waals surface area contributed by atoms with Gasteiger partial charge in [0.2, 0.25) is 0 Å². The van der Waals surface area contributed by atoms with Gasteiger partial charge in [0, 0.05) is 39.7 Å². The molecule has 3 aromatic carbocycles. The quantitative estimate of drug-likeness (QED) is 0.319. The first-order chi connectivity index (χ1) is 16.2. The minimum absolute atomic E-state index is 0.0678. The molecule has 0 bridgehead atoms. The smallest absolute Gasteiger partial charge is 0.189 e. The third-order valence-electron chi connectivity index (χ3n) is 5.90. The van der Waals surface area contributed by atoms with Gasteiger partial charge >= 0.3 is 0 Å². The standard InChI is InChI=1S/C27H17ClN4O/c28-21-9-10-22-19(15-21)14-20(27(22)33)13-17-5-7-18(8-6-17)25-16-32(31-30-25)26-11-12-29-24-4-2-1-3-23(24)26/h1-13,15-16H,14H2/b20-13+. The number of para-hydroxylation sites is 1. The van der Waals surface area contributed by atoms with E-state index in [1.54, 1.807) is 23.0 Å². The number of Topliss-reactive ketones (excluding diaryl/α,β-unsaturated/α-hetero) is 1. The zero-order valence-corrected chi connectivity index (χ0v) is 18.2. The lowest BCUT2D eigenvalue weighted by Crippen LogP contribution is -1.96. The Morgan fingerprint density at radius 3 is 2.70 bits per heavy atom. The number of benzene rings is 3. The van der Waals surface area contributed by atoms with Crippen molar-refractivity contribution in [1.82, 2.24) is 20.0 Å². The van der Waals surface area contributed by atoms with Crippen LogP contribution in [-0.2, 0) is 6.42 Å². The summed E-state index contributed by atoms with van der Waals surface area (Å²) in [6, 6.07) is 23.3. The van der Waals surface area contributed by atoms with Gasteiger partial charge in [-0.15, -0.1) is 5.10 Å². The third kappa shape index (κ3) is 3.52. The highest BCUT2D eigenvalue weighted by Crippen LogP contribution is 2.30. The van der Waals surface area contributed by atoms with E-state index < -0.39 is 0 Å². The van der Waals surface area contributed by atoms with Crippen molar-refractivity contribution in [2.45, 2.75) is 6.42 Å². The number of carbonyl (C=O) groups is 1. The molecule has 0 saturated carbocycles. The van der Waals surface area contributed by atoms with Crippen LogP contribution in [0.3, 0.4) is 0 Å². The molecule has 158 valence electrons. The molecule has 1 aliphatic rings. The van der Waals surface area contributed by atoms with E-state index in [2.05, 4.69) is 15.3 Å². The number of hydrogen-bond donors (Lipinski definition) is 0. The normalized spacial score (nSPS) is 14.2. The van der Waals surface area contributed by atoms with Gasteiger partial charge in [0.15, 0.2) is 5.78 Å². The summed E-state index contributed by atoms with van der Waals surface area (Å²) in [7, 11) is 0. The van der Waals surface area contributed by atoms with Crippen molar-refractivity contribution in [2.75, 3.05) is 0 Å². The fourth-order valence-corrected chi connectivity index (χ4v) is 4.45. The van der Waals surface area contributed by atoms with Crippen LogP contribution < -0.4 is 0 Å². The molecule has 2 aromatic heterocycles. The number of rotatable bonds is 3. The number of aromatic nitrogens is 4. The second-order valence-electron chi connectivity index (χ2n) is 7.99. The average Bonchev–Trinajstić information content (AvgIpc) is 3.44. The zero-order valence-electron chi connectivity index (χ0n) is 17.4. The van der Waals surface area contributed by atoms with Gasteiger partial charge < -0.3 is 0 Å². The Bertz CT molecular complexity index is 1560. The summed E-state index contributed by atoms with van der Waals surface area (Å²) in [6.45, 7) is 0. The van der Waals surface area contributed by atoms with Crippen LogP contribution in [0.25, 0.3) is 33.9 Å². The second kappa shape index (κ2) is 7.80. The Labute approximate surface area is 195 Å². The van der Waals surface area contributed by atoms with E-state index in [0.29, 0.717) is 11.4 Å². The summed E-state index contributed by atoms with van der Waals surface area (Å²) >= 11 is 6.08. The predicted octanol–water partition coefficient (Wildman–Crippen LogP) is 5.96. The summed E-state index contributed by atoms with van der Waals surface area (Å²) in [5, 5.41) is 10.4. The monoisotopic (exact) mass is 448 g/mol. The number of carbonyl (C=O) groups excluding carboxylic acids is 1. The Kier molecular flexibility index (Phi) is 4.63. The van der Waals surface area contributed by atoms with Crippen molar-refractivity contribution < 1.29 is 4.79 Å². The first-order valence-electron chi connectivity index (χ1n) is 10.6. The highest BCUT2D eigenvalue weighted by Gasteiger charge is 2.24. The molecule has 2 heterocycles. The largest absolute Gasteiger partial charge is 0.289 e. The molecule has 0 N–H and O–H groups in total. The summed E-state index contributed by atoms with van der Waals surface area (Å²) in [4.78, 5) is 17.1. The van der Waals surface area contributed by atoms with Crippen molar-refractivity contribution in [2.24, 2.45) is 0 Å². The number of nitrogens with zero attached hydrogens (tertiary/aromatic N) is 4. The minimum Gasteiger partial charge on any atom is -0.289 e. The molecule has 1 aliphatic carbocycles. The molecule has 0 unspecified atom stereocenters. The summed E-state index contributed by atoms with van der Waals surface area (Å²) in [5.74, 6) is 0.0678. The third-order valence-corrected chi connectivity index (χ3v) is 6.13. The molecule has 0 aliphatic heterocycles. The van der Waals surface area contributed by atoms with Gasteiger partial charge in [-0.3, -0.25) is 9.78 Å². The average molecular weight is 449 g/mol. The topological polar surface area (TPSA) is 60.7 Å². The summed E-state index contributed by atoms with van der Waals surface area (Å²) < 4.78 is 1.77. The number of fused-ring (bicyclic) bond motifs is 2. The molecule has 6 rings (SSSR count). The number of allylic oxidation sites excluding steroid dienone is 1. The maximum Gasteiger partial charge on any atom is 0.189 e. The fourth-order valence-electron chi connectivity index (χ4n) is 4.25. The SMILES string of the molecule is O=C1/C(=C/c2ccc(-c3cn(-c4ccnc5ccccc45)nn3)cc2)Cc2cc(Cl)ccc21. The van der Waals surface area contributed by atoms with Gasteiger partial charge in [-0.1, -0.05) is 59.3 Å². The van der Waals surface area contributed by atoms with Crippen molar-refractivity contribution >= 4 is 34.4 Å². The Balaban J connectivity index is 1.27. The maximum absolute atomic E-state index is 12.7. The molecular formula is C27H17ClN4O. The van der Waals surface area contributed by atoms with Crippen molar-refractivity contribution in [3.05, 3.63) is 112 Å². The molecular weight excluding hydrogens is 432 g/mol. The van der Waals surface area contributed by atoms with Crippen LogP contribution in [0, 0.1) is 0 Å². The van der Waals surface area contributed by atoms with E-state index in [-0.39, 0.29) is 5.78 Å². The first-order valence-corrected chi connectivity index (χ1v) is 10.9. The van der Waals surface area contributed by atoms with Crippen LogP contribution in [-0.4, -0.2) is 25.8 Å². The van der Waals surface area contributed by atoms with Crippen molar-refractivity contribution in [1.29, 1.82) is 0 Å². The number of pyridine rings is 1. The van der Waals surface area contributed by atoms with Gasteiger partial charge in [0.1, 0.15) is 5.69 Å². The molecule has 0 radical (unpaired) electrons. The van der Waals surface area contributed by atoms with E-state index in [0.717, 1.165) is 50.1 Å². The number of hydrogen-bond acceptors (Lipinski definition) is 4. The highest BCUT2D eigenvalue weighted by atomic mass is 35.5. The molecule has 0 fully saturated rings. The second-order valence-corrected chi connectivity index (χ2v) is 8.43. The molecule has 0 saturated heterocycles. The highest BCUT2D eigenvalue weighted by molar-refractivity contribution is 6.31. The number of ketones is 1. The first kappa shape index (κ1) is 19.6. The molecule has 6 heteroatoms. The van der Waals surface area contributed by atoms with E-state index in [1.807, 2.05) is 72.9 Å². The lowest BCUT2D eigenvalue weighted by molar-refractivity contribution is 0.104. The predicted molar refractivity (Wildman–Crippen MR) is 130 cm³/mol. The molecule has 0 spiro atoms. The van der Waals surface area contributed by atoms with E-state index >= 15 is 0 Å². The molecule has 0 atom stereocenters. The molecule has 5 nitrogen and oxygen atoms in total. The molecule has 33 heavy (non-hydrogen) atoms. The van der Waals surface area contributed by atoms with Crippen molar-refractivity contribution in [3.8, 4) is 16.9 Å². The van der Waals surface area contributed by atoms with E-state index in [4.69, 9.17) is 11.6 Å². The van der Waals surface area contributed by atoms with Crippen molar-refractivity contribution in [3.63, 3.8) is 0 Å². The van der Waals surface area contributed by atoms with Crippen LogP contribution in [0.4, 0.5) is 0 Å². The molecule has 0 amide bonds. The van der Waals surface area contributed by atoms with Gasteiger partial charge in [0.25, 0.3) is 0 Å². The fraction of sp³-hybridized carbons (Fsp3) is 0.0370. The Morgan fingerprint density at radius 1 is 0.970 bits per heavy atom. The van der Waals surface area contributed by atoms with E-state index in [1.165, 1.54) is 0 Å². The number of halogens is 1. The Hall–Kier alpha value is -4.09. The van der Waals surface area contributed by atoms with Crippen LogP contribution in [0.5, 0.6) is 0 Å². The van der Waals surface area contributed by atoms with Crippen LogP contribution in [0.1, 0.15) is 21.5 Å². The van der Waals surface area contributed by atoms with Gasteiger partial charge in [-0.05, 0) is 47.5 Å². The van der Waals surface area contributed by atoms with Crippen LogP contribution in [0.15, 0.2) is 90.8 Å².